The summed E-state index contributed by atoms with van der Waals surface area (Å²) in [5.74, 6) is -5.49. The van der Waals surface area contributed by atoms with Gasteiger partial charge in [-0.3, -0.25) is 14.4 Å². The first kappa shape index (κ1) is 24.9. The summed E-state index contributed by atoms with van der Waals surface area (Å²) >= 11 is 0. The van der Waals surface area contributed by atoms with E-state index in [0.717, 1.165) is 11.1 Å². The molecule has 1 amide bonds. The van der Waals surface area contributed by atoms with Crippen molar-refractivity contribution in [1.29, 1.82) is 0 Å². The molecule has 0 radical (unpaired) electrons. The van der Waals surface area contributed by atoms with Crippen LogP contribution in [0.4, 0.5) is 5.69 Å². The molecule has 0 spiro atoms. The third-order valence-electron chi connectivity index (χ3n) is 6.41. The first-order valence-electron chi connectivity index (χ1n) is 11.8. The van der Waals surface area contributed by atoms with Gasteiger partial charge in [-0.25, -0.2) is 4.79 Å². The van der Waals surface area contributed by atoms with Crippen molar-refractivity contribution in [3.8, 4) is 5.75 Å². The maximum atomic E-state index is 13.7. The van der Waals surface area contributed by atoms with Gasteiger partial charge in [-0.15, -0.1) is 0 Å². The highest BCUT2D eigenvalue weighted by atomic mass is 16.5. The topological polar surface area (TPSA) is 110 Å². The van der Waals surface area contributed by atoms with Crippen molar-refractivity contribution in [2.75, 3.05) is 5.32 Å². The predicted molar refractivity (Wildman–Crippen MR) is 134 cm³/mol. The van der Waals surface area contributed by atoms with Crippen LogP contribution >= 0.6 is 0 Å². The summed E-state index contributed by atoms with van der Waals surface area (Å²) in [6, 6.07) is 17.8. The molecule has 1 aliphatic heterocycles. The van der Waals surface area contributed by atoms with E-state index in [1.807, 2.05) is 39.0 Å². The number of cyclic esters (lactones) is 1. The average molecular weight is 486 g/mol. The Kier molecular flexibility index (Phi) is 7.01. The van der Waals surface area contributed by atoms with Crippen LogP contribution in [0.5, 0.6) is 5.75 Å². The number of phenolic OH excluding ortho intramolecular Hbond substituents is 1. The molecule has 3 aromatic rings. The van der Waals surface area contributed by atoms with Gasteiger partial charge in [-0.1, -0.05) is 69.3 Å². The van der Waals surface area contributed by atoms with Gasteiger partial charge < -0.3 is 15.2 Å². The number of amides is 1. The third-order valence-corrected chi connectivity index (χ3v) is 6.41. The summed E-state index contributed by atoms with van der Waals surface area (Å²) in [5.41, 5.74) is 2.67. The molecule has 0 fully saturated rings. The van der Waals surface area contributed by atoms with E-state index in [1.54, 1.807) is 18.2 Å². The Morgan fingerprint density at radius 2 is 1.67 bits per heavy atom. The Balaban J connectivity index is 1.76. The Bertz CT molecular complexity index is 1360. The first-order valence-corrected chi connectivity index (χ1v) is 11.8. The van der Waals surface area contributed by atoms with E-state index in [2.05, 4.69) is 5.32 Å². The van der Waals surface area contributed by atoms with Crippen molar-refractivity contribution in [1.82, 2.24) is 0 Å². The number of hydrogen-bond acceptors (Lipinski definition) is 6. The number of nitrogens with one attached hydrogen (secondary N) is 1. The summed E-state index contributed by atoms with van der Waals surface area (Å²) in [4.78, 5) is 53.1. The van der Waals surface area contributed by atoms with Crippen LogP contribution in [0.25, 0.3) is 0 Å². The minimum absolute atomic E-state index is 0.0725. The summed E-state index contributed by atoms with van der Waals surface area (Å²) in [6.07, 6.45) is -0.678. The fourth-order valence-corrected chi connectivity index (χ4v) is 4.53. The molecule has 0 bridgehead atoms. The Labute approximate surface area is 209 Å². The van der Waals surface area contributed by atoms with Crippen LogP contribution < -0.4 is 5.32 Å². The van der Waals surface area contributed by atoms with Crippen LogP contribution in [0.15, 0.2) is 66.7 Å². The smallest absolute Gasteiger partial charge is 0.339 e. The Morgan fingerprint density at radius 3 is 2.36 bits per heavy atom. The molecule has 4 rings (SSSR count). The molecular formula is C29H27NO6. The Hall–Kier alpha value is -4.26. The maximum absolute atomic E-state index is 13.7. The summed E-state index contributed by atoms with van der Waals surface area (Å²) in [5, 5.41) is 13.0. The number of esters is 1. The number of hydrogen-bond donors (Lipinski definition) is 2. The molecule has 7 nitrogen and oxygen atoms in total. The van der Waals surface area contributed by atoms with Crippen molar-refractivity contribution < 1.29 is 29.0 Å². The molecule has 0 saturated heterocycles. The normalized spacial score (nSPS) is 15.2. The van der Waals surface area contributed by atoms with Crippen LogP contribution in [0.1, 0.15) is 70.2 Å². The summed E-state index contributed by atoms with van der Waals surface area (Å²) in [6.45, 7) is 5.90. The van der Waals surface area contributed by atoms with Gasteiger partial charge in [-0.2, -0.15) is 0 Å². The number of phenols is 1. The van der Waals surface area contributed by atoms with Gasteiger partial charge in [0.2, 0.25) is 5.78 Å². The standard InChI is InChI=1S/C29H27NO6/c1-4-17-10-9-14-18(16(2)3)24(17)30-28(34)26(33)23(25(32)21-13-7-8-15-22(21)31)27-19-11-5-6-12-20(19)29(35)36-27/h5-16,23,27,31H,4H2,1-3H3,(H,30,34)/t23-,27-/m0/s1. The number of benzene rings is 3. The molecule has 36 heavy (non-hydrogen) atoms. The van der Waals surface area contributed by atoms with Crippen molar-refractivity contribution in [2.45, 2.75) is 39.2 Å². The van der Waals surface area contributed by atoms with Crippen LogP contribution in [0, 0.1) is 5.92 Å². The maximum Gasteiger partial charge on any atom is 0.339 e. The van der Waals surface area contributed by atoms with E-state index in [4.69, 9.17) is 4.74 Å². The number of rotatable bonds is 8. The van der Waals surface area contributed by atoms with Gasteiger partial charge in [0.05, 0.1) is 11.1 Å². The van der Waals surface area contributed by atoms with E-state index < -0.39 is 35.5 Å². The molecule has 3 aromatic carbocycles. The van der Waals surface area contributed by atoms with Crippen molar-refractivity contribution in [2.24, 2.45) is 5.92 Å². The van der Waals surface area contributed by atoms with Crippen molar-refractivity contribution >= 4 is 29.1 Å². The largest absolute Gasteiger partial charge is 0.507 e. The number of para-hydroxylation sites is 2. The molecular weight excluding hydrogens is 458 g/mol. The highest BCUT2D eigenvalue weighted by Crippen LogP contribution is 2.39. The number of fused-ring (bicyclic) bond motifs is 1. The summed E-state index contributed by atoms with van der Waals surface area (Å²) in [7, 11) is 0. The SMILES string of the molecule is CCc1cccc(C(C)C)c1NC(=O)C(=O)[C@H](C(=O)c1ccccc1O)[C@H]1OC(=O)c2ccccc21. The zero-order valence-electron chi connectivity index (χ0n) is 20.3. The van der Waals surface area contributed by atoms with E-state index in [0.29, 0.717) is 17.7 Å². The first-order chi connectivity index (χ1) is 17.2. The lowest BCUT2D eigenvalue weighted by atomic mass is 9.84. The molecule has 2 atom stereocenters. The molecule has 0 saturated carbocycles. The quantitative estimate of drug-likeness (QED) is 0.201. The van der Waals surface area contributed by atoms with Crippen LogP contribution in [0.2, 0.25) is 0 Å². The monoisotopic (exact) mass is 485 g/mol. The lowest BCUT2D eigenvalue weighted by Gasteiger charge is -2.22. The molecule has 184 valence electrons. The number of carbonyl (C=O) groups excluding carboxylic acids is 4. The van der Waals surface area contributed by atoms with Crippen LogP contribution in [0.3, 0.4) is 0 Å². The fraction of sp³-hybridized carbons (Fsp3) is 0.241. The van der Waals surface area contributed by atoms with Gasteiger partial charge in [0, 0.05) is 11.3 Å². The molecule has 7 heteroatoms. The molecule has 0 unspecified atom stereocenters. The number of aromatic hydroxyl groups is 1. The fourth-order valence-electron chi connectivity index (χ4n) is 4.53. The highest BCUT2D eigenvalue weighted by molar-refractivity contribution is 6.45. The highest BCUT2D eigenvalue weighted by Gasteiger charge is 2.46. The third kappa shape index (κ3) is 4.52. The second-order valence-electron chi connectivity index (χ2n) is 8.98. The number of ketones is 2. The van der Waals surface area contributed by atoms with Gasteiger partial charge in [0.1, 0.15) is 17.8 Å². The minimum Gasteiger partial charge on any atom is -0.507 e. The number of ether oxygens (including phenoxy) is 1. The van der Waals surface area contributed by atoms with Gasteiger partial charge in [-0.05, 0) is 41.7 Å². The summed E-state index contributed by atoms with van der Waals surface area (Å²) < 4.78 is 5.46. The predicted octanol–water partition coefficient (Wildman–Crippen LogP) is 5.00. The zero-order chi connectivity index (χ0) is 26.0. The number of aryl methyl sites for hydroxylation is 1. The van der Waals surface area contributed by atoms with Crippen molar-refractivity contribution in [3.05, 3.63) is 94.5 Å². The van der Waals surface area contributed by atoms with E-state index in [-0.39, 0.29) is 22.8 Å². The second-order valence-corrected chi connectivity index (χ2v) is 8.98. The number of anilines is 1. The lowest BCUT2D eigenvalue weighted by Crippen LogP contribution is -2.38. The minimum atomic E-state index is -1.68. The van der Waals surface area contributed by atoms with Crippen molar-refractivity contribution in [3.63, 3.8) is 0 Å². The average Bonchev–Trinajstić information content (AvgIpc) is 3.20. The molecule has 1 aliphatic rings. The van der Waals surface area contributed by atoms with E-state index in [1.165, 1.54) is 30.3 Å². The zero-order valence-corrected chi connectivity index (χ0v) is 20.3. The molecule has 2 N–H and O–H groups in total. The van der Waals surface area contributed by atoms with Gasteiger partial charge >= 0.3 is 5.97 Å². The molecule has 0 aliphatic carbocycles. The second kappa shape index (κ2) is 10.2. The van der Waals surface area contributed by atoms with Gasteiger partial charge in [0.25, 0.3) is 5.91 Å². The van der Waals surface area contributed by atoms with E-state index >= 15 is 0 Å². The molecule has 0 aromatic heterocycles. The van der Waals surface area contributed by atoms with Crippen LogP contribution in [-0.4, -0.2) is 28.5 Å². The van der Waals surface area contributed by atoms with E-state index in [9.17, 15) is 24.3 Å². The van der Waals surface area contributed by atoms with Crippen LogP contribution in [-0.2, 0) is 20.7 Å². The molecule has 1 heterocycles. The Morgan fingerprint density at radius 1 is 0.972 bits per heavy atom. The number of Topliss-reactive ketones (excluding diaryl/α,β-unsaturated/α-hetero) is 2. The number of carbonyl (C=O) groups is 4. The lowest BCUT2D eigenvalue weighted by molar-refractivity contribution is -0.138. The van der Waals surface area contributed by atoms with Gasteiger partial charge in [0.15, 0.2) is 5.78 Å².